The van der Waals surface area contributed by atoms with E-state index in [2.05, 4.69) is 31.2 Å². The van der Waals surface area contributed by atoms with Gasteiger partial charge in [-0.1, -0.05) is 48.0 Å². The molecule has 4 rings (SSSR count). The van der Waals surface area contributed by atoms with Crippen molar-refractivity contribution < 1.29 is 22.6 Å². The van der Waals surface area contributed by atoms with Gasteiger partial charge in [-0.2, -0.15) is 5.10 Å². The van der Waals surface area contributed by atoms with E-state index in [-0.39, 0.29) is 17.0 Å². The molecule has 0 bridgehead atoms. The Kier molecular flexibility index (Phi) is 8.69. The molecule has 3 aromatic carbocycles. The van der Waals surface area contributed by atoms with Gasteiger partial charge in [-0.15, -0.1) is 0 Å². The first-order chi connectivity index (χ1) is 18.6. The molecular weight excluding hydrogens is 588 g/mol. The van der Waals surface area contributed by atoms with E-state index < -0.39 is 26.9 Å². The first-order valence-corrected chi connectivity index (χ1v) is 13.9. The Morgan fingerprint density at radius 2 is 1.79 bits per heavy atom. The standard InChI is InChI=1S/C27H23BrN4O6S/c1-18-7-11-22(12-8-18)39(36,37)31-25(19-5-3-2-4-6-19)16-27(33)30-29-17-21-10-14-26(38-21)23-13-9-20(32(34)35)15-24(23)28/h2-15,17,25,31H,16H2,1H3,(H,30,33)/b29-17-/t25-/m0/s1. The molecule has 39 heavy (non-hydrogen) atoms. The van der Waals surface area contributed by atoms with Crippen LogP contribution < -0.4 is 10.1 Å². The third kappa shape index (κ3) is 7.25. The lowest BCUT2D eigenvalue weighted by Gasteiger charge is -2.18. The third-order valence-electron chi connectivity index (χ3n) is 5.66. The van der Waals surface area contributed by atoms with Gasteiger partial charge in [0.15, 0.2) is 0 Å². The lowest BCUT2D eigenvalue weighted by Crippen LogP contribution is -2.32. The molecule has 1 amide bonds. The van der Waals surface area contributed by atoms with E-state index in [0.717, 1.165) is 5.56 Å². The molecule has 0 aliphatic heterocycles. The van der Waals surface area contributed by atoms with Crippen molar-refractivity contribution >= 4 is 43.8 Å². The molecular formula is C27H23BrN4O6S. The summed E-state index contributed by atoms with van der Waals surface area (Å²) in [6, 6.07) is 22.0. The molecule has 2 N–H and O–H groups in total. The predicted octanol–water partition coefficient (Wildman–Crippen LogP) is 5.49. The minimum absolute atomic E-state index is 0.0587. The maximum atomic E-state index is 13.0. The third-order valence-corrected chi connectivity index (χ3v) is 7.80. The lowest BCUT2D eigenvalue weighted by molar-refractivity contribution is -0.384. The number of nitrogens with zero attached hydrogens (tertiary/aromatic N) is 2. The van der Waals surface area contributed by atoms with Gasteiger partial charge < -0.3 is 4.42 Å². The van der Waals surface area contributed by atoms with Gasteiger partial charge in [0.05, 0.1) is 22.1 Å². The summed E-state index contributed by atoms with van der Waals surface area (Å²) in [5.41, 5.74) is 4.49. The van der Waals surface area contributed by atoms with Crippen LogP contribution in [0.25, 0.3) is 11.3 Å². The molecule has 1 heterocycles. The first kappa shape index (κ1) is 27.9. The molecule has 0 aliphatic rings. The topological polar surface area (TPSA) is 144 Å². The molecule has 0 aliphatic carbocycles. The van der Waals surface area contributed by atoms with Gasteiger partial charge >= 0.3 is 0 Å². The van der Waals surface area contributed by atoms with Crippen LogP contribution in [-0.4, -0.2) is 25.5 Å². The summed E-state index contributed by atoms with van der Waals surface area (Å²) in [7, 11) is -3.89. The van der Waals surface area contributed by atoms with Crippen LogP contribution in [0.3, 0.4) is 0 Å². The Bertz CT molecular complexity index is 1620. The molecule has 200 valence electrons. The van der Waals surface area contributed by atoms with Crippen LogP contribution in [0, 0.1) is 17.0 Å². The highest BCUT2D eigenvalue weighted by Gasteiger charge is 2.23. The second-order valence-corrected chi connectivity index (χ2v) is 11.1. The molecule has 12 heteroatoms. The summed E-state index contributed by atoms with van der Waals surface area (Å²) in [4.78, 5) is 23.2. The zero-order valence-electron chi connectivity index (χ0n) is 20.6. The summed E-state index contributed by atoms with van der Waals surface area (Å²) in [6.07, 6.45) is 1.10. The number of nitro groups is 1. The van der Waals surface area contributed by atoms with Gasteiger partial charge in [0.1, 0.15) is 11.5 Å². The number of non-ortho nitro benzene ring substituents is 1. The predicted molar refractivity (Wildman–Crippen MR) is 150 cm³/mol. The first-order valence-electron chi connectivity index (χ1n) is 11.6. The van der Waals surface area contributed by atoms with Crippen LogP contribution in [0.1, 0.15) is 29.3 Å². The number of carbonyl (C=O) groups is 1. The van der Waals surface area contributed by atoms with Gasteiger partial charge in [0.2, 0.25) is 15.9 Å². The van der Waals surface area contributed by atoms with E-state index in [1.54, 1.807) is 60.7 Å². The van der Waals surface area contributed by atoms with Crippen molar-refractivity contribution in [3.05, 3.63) is 116 Å². The summed E-state index contributed by atoms with van der Waals surface area (Å²) in [5.74, 6) is 0.256. The van der Waals surface area contributed by atoms with Gasteiger partial charge in [-0.25, -0.2) is 18.6 Å². The fourth-order valence-electron chi connectivity index (χ4n) is 3.67. The van der Waals surface area contributed by atoms with Crippen molar-refractivity contribution in [3.8, 4) is 11.3 Å². The number of carbonyl (C=O) groups excluding carboxylic acids is 1. The second-order valence-electron chi connectivity index (χ2n) is 8.52. The number of hydrogen-bond acceptors (Lipinski definition) is 7. The molecule has 10 nitrogen and oxygen atoms in total. The second kappa shape index (κ2) is 12.2. The van der Waals surface area contributed by atoms with E-state index in [9.17, 15) is 23.3 Å². The number of amides is 1. The van der Waals surface area contributed by atoms with E-state index in [0.29, 0.717) is 27.1 Å². The summed E-state index contributed by atoms with van der Waals surface area (Å²) in [5, 5.41) is 14.9. The van der Waals surface area contributed by atoms with Gasteiger partial charge in [0.25, 0.3) is 5.69 Å². The fraction of sp³-hybridized carbons (Fsp3) is 0.111. The molecule has 0 saturated carbocycles. The minimum Gasteiger partial charge on any atom is -0.455 e. The quantitative estimate of drug-likeness (QED) is 0.138. The number of nitrogens with one attached hydrogen (secondary N) is 2. The number of rotatable bonds is 10. The highest BCUT2D eigenvalue weighted by Crippen LogP contribution is 2.32. The molecule has 4 aromatic rings. The number of halogens is 1. The van der Waals surface area contributed by atoms with Crippen LogP contribution in [0.15, 0.2) is 104 Å². The van der Waals surface area contributed by atoms with E-state index >= 15 is 0 Å². The van der Waals surface area contributed by atoms with Crippen molar-refractivity contribution in [3.63, 3.8) is 0 Å². The summed E-state index contributed by atoms with van der Waals surface area (Å²) >= 11 is 3.31. The van der Waals surface area contributed by atoms with E-state index in [1.807, 2.05) is 6.92 Å². The Balaban J connectivity index is 1.43. The van der Waals surface area contributed by atoms with Gasteiger partial charge in [-0.3, -0.25) is 14.9 Å². The fourth-order valence-corrected chi connectivity index (χ4v) is 5.46. The van der Waals surface area contributed by atoms with Crippen LogP contribution in [0.2, 0.25) is 0 Å². The zero-order valence-corrected chi connectivity index (χ0v) is 23.0. The average molecular weight is 611 g/mol. The van der Waals surface area contributed by atoms with Crippen molar-refractivity contribution in [2.45, 2.75) is 24.3 Å². The highest BCUT2D eigenvalue weighted by molar-refractivity contribution is 9.10. The Morgan fingerprint density at radius 1 is 1.08 bits per heavy atom. The number of hydrogen-bond donors (Lipinski definition) is 2. The number of sulfonamides is 1. The van der Waals surface area contributed by atoms with E-state index in [4.69, 9.17) is 4.42 Å². The number of furan rings is 1. The summed E-state index contributed by atoms with van der Waals surface area (Å²) < 4.78 is 34.8. The highest BCUT2D eigenvalue weighted by atomic mass is 79.9. The van der Waals surface area contributed by atoms with Crippen molar-refractivity contribution in [2.75, 3.05) is 0 Å². The maximum absolute atomic E-state index is 13.0. The Labute approximate surface area is 233 Å². The zero-order chi connectivity index (χ0) is 28.0. The average Bonchev–Trinajstić information content (AvgIpc) is 3.37. The van der Waals surface area contributed by atoms with Crippen LogP contribution in [0.4, 0.5) is 5.69 Å². The molecule has 1 aromatic heterocycles. The molecule has 0 spiro atoms. The minimum atomic E-state index is -3.89. The monoisotopic (exact) mass is 610 g/mol. The van der Waals surface area contributed by atoms with Crippen molar-refractivity contribution in [1.29, 1.82) is 0 Å². The molecule has 0 saturated heterocycles. The number of hydrazone groups is 1. The molecule has 0 fully saturated rings. The Morgan fingerprint density at radius 3 is 2.46 bits per heavy atom. The van der Waals surface area contributed by atoms with Gasteiger partial charge in [-0.05, 0) is 58.7 Å². The van der Waals surface area contributed by atoms with Gasteiger partial charge in [0, 0.05) is 28.6 Å². The van der Waals surface area contributed by atoms with Crippen molar-refractivity contribution in [1.82, 2.24) is 10.1 Å². The maximum Gasteiger partial charge on any atom is 0.270 e. The Hall–Kier alpha value is -4.13. The smallest absolute Gasteiger partial charge is 0.270 e. The molecule has 0 radical (unpaired) electrons. The van der Waals surface area contributed by atoms with Crippen LogP contribution in [-0.2, 0) is 14.8 Å². The molecule has 0 unspecified atom stereocenters. The lowest BCUT2D eigenvalue weighted by atomic mass is 10.0. The van der Waals surface area contributed by atoms with Crippen LogP contribution >= 0.6 is 15.9 Å². The number of aryl methyl sites for hydroxylation is 1. The van der Waals surface area contributed by atoms with Crippen molar-refractivity contribution in [2.24, 2.45) is 5.10 Å². The SMILES string of the molecule is Cc1ccc(S(=O)(=O)N[C@@H](CC(=O)N/N=C\c2ccc(-c3ccc([N+](=O)[O-])cc3Br)o2)c2ccccc2)cc1. The largest absolute Gasteiger partial charge is 0.455 e. The van der Waals surface area contributed by atoms with E-state index in [1.165, 1.54) is 30.5 Å². The number of benzene rings is 3. The normalized spacial score (nSPS) is 12.4. The number of nitro benzene ring substituents is 1. The summed E-state index contributed by atoms with van der Waals surface area (Å²) in [6.45, 7) is 1.86. The van der Waals surface area contributed by atoms with Crippen LogP contribution in [0.5, 0.6) is 0 Å². The molecule has 1 atom stereocenters.